The second-order valence-electron chi connectivity index (χ2n) is 7.89. The Hall–Kier alpha value is -3.42. The number of hydrogen-bond donors (Lipinski definition) is 3. The van der Waals surface area contributed by atoms with Crippen molar-refractivity contribution in [2.24, 2.45) is 11.8 Å². The number of hydrogen-bond acceptors (Lipinski definition) is 5. The van der Waals surface area contributed by atoms with Crippen LogP contribution in [-0.4, -0.2) is 41.7 Å². The maximum Gasteiger partial charge on any atom is 0.301 e. The lowest BCUT2D eigenvalue weighted by Gasteiger charge is -2.33. The fourth-order valence-corrected chi connectivity index (χ4v) is 4.88. The van der Waals surface area contributed by atoms with Gasteiger partial charge in [0, 0.05) is 36.3 Å². The van der Waals surface area contributed by atoms with Crippen LogP contribution in [-0.2, 0) is 15.0 Å². The van der Waals surface area contributed by atoms with E-state index in [1.54, 1.807) is 18.3 Å². The highest BCUT2D eigenvalue weighted by atomic mass is 32.2. The van der Waals surface area contributed by atoms with Crippen LogP contribution in [0.2, 0.25) is 0 Å². The Morgan fingerprint density at radius 2 is 1.94 bits per heavy atom. The van der Waals surface area contributed by atoms with Crippen molar-refractivity contribution in [2.75, 3.05) is 23.1 Å². The van der Waals surface area contributed by atoms with E-state index in [9.17, 15) is 13.2 Å². The topological polar surface area (TPSA) is 131 Å². The molecule has 1 aliphatic heterocycles. The molecule has 5 rings (SSSR count). The molecule has 1 aliphatic carbocycles. The van der Waals surface area contributed by atoms with Gasteiger partial charge in [-0.15, -0.1) is 0 Å². The molecule has 1 aromatic carbocycles. The molecule has 2 fully saturated rings. The zero-order chi connectivity index (χ0) is 21.6. The number of anilines is 2. The van der Waals surface area contributed by atoms with Crippen molar-refractivity contribution in [1.82, 2.24) is 14.3 Å². The van der Waals surface area contributed by atoms with Crippen molar-refractivity contribution in [3.63, 3.8) is 0 Å². The van der Waals surface area contributed by atoms with E-state index in [1.165, 1.54) is 4.31 Å². The van der Waals surface area contributed by atoms with Crippen LogP contribution in [0.15, 0.2) is 42.6 Å². The normalized spacial score (nSPS) is 17.1. The molecule has 3 N–H and O–H groups in total. The third-order valence-corrected chi connectivity index (χ3v) is 7.01. The molecular formula is C21H20N6O3S. The Morgan fingerprint density at radius 3 is 2.61 bits per heavy atom. The minimum atomic E-state index is -3.68. The summed E-state index contributed by atoms with van der Waals surface area (Å²) >= 11 is 0. The summed E-state index contributed by atoms with van der Waals surface area (Å²) < 4.78 is 28.6. The highest BCUT2D eigenvalue weighted by Crippen LogP contribution is 2.33. The van der Waals surface area contributed by atoms with Crippen LogP contribution in [0.25, 0.3) is 22.2 Å². The van der Waals surface area contributed by atoms with Crippen molar-refractivity contribution in [3.8, 4) is 17.2 Å². The minimum Gasteiger partial charge on any atom is -0.346 e. The number of carbonyl (C=O) groups is 1. The van der Waals surface area contributed by atoms with Crippen LogP contribution in [0.1, 0.15) is 12.8 Å². The summed E-state index contributed by atoms with van der Waals surface area (Å²) in [5.41, 5.74) is 2.85. The van der Waals surface area contributed by atoms with Gasteiger partial charge in [0.25, 0.3) is 0 Å². The molecule has 158 valence electrons. The summed E-state index contributed by atoms with van der Waals surface area (Å²) in [5, 5.41) is 12.6. The number of benzene rings is 1. The molecule has 10 heteroatoms. The number of nitrogens with one attached hydrogen (secondary N) is 3. The quantitative estimate of drug-likeness (QED) is 0.547. The lowest BCUT2D eigenvalue weighted by Crippen LogP contribution is -2.51. The molecule has 3 heterocycles. The highest BCUT2D eigenvalue weighted by molar-refractivity contribution is 7.90. The maximum absolute atomic E-state index is 12.4. The van der Waals surface area contributed by atoms with Gasteiger partial charge in [-0.25, -0.2) is 4.98 Å². The summed E-state index contributed by atoms with van der Waals surface area (Å²) in [6.45, 7) is 0.420. The molecule has 1 saturated carbocycles. The van der Waals surface area contributed by atoms with Crippen molar-refractivity contribution < 1.29 is 13.2 Å². The third kappa shape index (κ3) is 3.85. The molecule has 0 spiro atoms. The molecule has 0 radical (unpaired) electrons. The maximum atomic E-state index is 12.4. The van der Waals surface area contributed by atoms with Crippen LogP contribution in [0.5, 0.6) is 0 Å². The standard InChI is InChI=1S/C21H20N6O3S/c22-10-13-11-27(12-13)31(29,30)26-16-5-3-14(4-6-16)18-9-19(25-21(28)15-1-2-15)24-20-17(18)7-8-23-20/h3-9,13,15,26H,1-2,11-12H2,(H2,23,24,25,28). The lowest BCUT2D eigenvalue weighted by molar-refractivity contribution is -0.117. The Kier molecular flexibility index (Phi) is 4.64. The Balaban J connectivity index is 1.38. The number of carbonyl (C=O) groups excluding carboxylic acids is 1. The van der Waals surface area contributed by atoms with E-state index in [0.29, 0.717) is 17.2 Å². The van der Waals surface area contributed by atoms with E-state index < -0.39 is 10.2 Å². The van der Waals surface area contributed by atoms with E-state index in [4.69, 9.17) is 5.26 Å². The van der Waals surface area contributed by atoms with Crippen molar-refractivity contribution in [2.45, 2.75) is 12.8 Å². The van der Waals surface area contributed by atoms with Gasteiger partial charge in [-0.1, -0.05) is 12.1 Å². The number of nitriles is 1. The van der Waals surface area contributed by atoms with E-state index in [1.807, 2.05) is 24.3 Å². The number of rotatable bonds is 6. The summed E-state index contributed by atoms with van der Waals surface area (Å²) in [6, 6.07) is 12.8. The molecule has 1 saturated heterocycles. The molecule has 3 aromatic rings. The summed E-state index contributed by atoms with van der Waals surface area (Å²) in [5.74, 6) is 0.297. The molecule has 31 heavy (non-hydrogen) atoms. The van der Waals surface area contributed by atoms with Crippen LogP contribution in [0, 0.1) is 23.2 Å². The number of aromatic amines is 1. The van der Waals surface area contributed by atoms with Gasteiger partial charge in [-0.05, 0) is 48.2 Å². The van der Waals surface area contributed by atoms with E-state index in [2.05, 4.69) is 26.1 Å². The first-order valence-corrected chi connectivity index (χ1v) is 11.4. The average Bonchev–Trinajstić information content (AvgIpc) is 3.45. The number of aromatic nitrogens is 2. The highest BCUT2D eigenvalue weighted by Gasteiger charge is 2.35. The molecule has 2 aromatic heterocycles. The second-order valence-corrected chi connectivity index (χ2v) is 9.56. The molecular weight excluding hydrogens is 416 g/mol. The van der Waals surface area contributed by atoms with Gasteiger partial charge in [0.05, 0.1) is 12.0 Å². The molecule has 0 unspecified atom stereocenters. The number of fused-ring (bicyclic) bond motifs is 1. The molecule has 0 atom stereocenters. The Morgan fingerprint density at radius 1 is 1.19 bits per heavy atom. The van der Waals surface area contributed by atoms with Gasteiger partial charge in [0.1, 0.15) is 11.5 Å². The zero-order valence-corrected chi connectivity index (χ0v) is 17.3. The smallest absolute Gasteiger partial charge is 0.301 e. The van der Waals surface area contributed by atoms with Gasteiger partial charge >= 0.3 is 10.2 Å². The third-order valence-electron chi connectivity index (χ3n) is 5.54. The monoisotopic (exact) mass is 436 g/mol. The lowest BCUT2D eigenvalue weighted by atomic mass is 10.0. The van der Waals surface area contributed by atoms with Gasteiger partial charge in [0.15, 0.2) is 0 Å². The fourth-order valence-electron chi connectivity index (χ4n) is 3.56. The number of nitrogens with zero attached hydrogens (tertiary/aromatic N) is 3. The van der Waals surface area contributed by atoms with Gasteiger partial charge in [-0.2, -0.15) is 18.0 Å². The first kappa shape index (κ1) is 19.5. The van der Waals surface area contributed by atoms with Gasteiger partial charge in [-0.3, -0.25) is 9.52 Å². The van der Waals surface area contributed by atoms with E-state index in [0.717, 1.165) is 29.4 Å². The molecule has 1 amide bonds. The zero-order valence-electron chi connectivity index (χ0n) is 16.5. The minimum absolute atomic E-state index is 0.0151. The molecule has 9 nitrogen and oxygen atoms in total. The molecule has 2 aliphatic rings. The number of amides is 1. The number of H-pyrrole nitrogens is 1. The van der Waals surface area contributed by atoms with Crippen LogP contribution in [0.4, 0.5) is 11.5 Å². The van der Waals surface area contributed by atoms with Crippen LogP contribution in [0.3, 0.4) is 0 Å². The van der Waals surface area contributed by atoms with Crippen molar-refractivity contribution in [1.29, 1.82) is 5.26 Å². The number of pyridine rings is 1. The van der Waals surface area contributed by atoms with Crippen LogP contribution < -0.4 is 10.0 Å². The first-order valence-electron chi connectivity index (χ1n) is 10.00. The first-order chi connectivity index (χ1) is 14.9. The second kappa shape index (κ2) is 7.37. The van der Waals surface area contributed by atoms with Crippen LogP contribution >= 0.6 is 0 Å². The van der Waals surface area contributed by atoms with Gasteiger partial charge in [0.2, 0.25) is 5.91 Å². The Labute approximate surface area is 179 Å². The van der Waals surface area contributed by atoms with Crippen molar-refractivity contribution >= 4 is 38.7 Å². The Bertz CT molecular complexity index is 1300. The SMILES string of the molecule is N#CC1CN(S(=O)(=O)Nc2ccc(-c3cc(NC(=O)C4CC4)nc4[nH]ccc34)cc2)C1. The fraction of sp³-hybridized carbons (Fsp3) is 0.286. The van der Waals surface area contributed by atoms with E-state index in [-0.39, 0.29) is 30.8 Å². The molecule has 0 bridgehead atoms. The van der Waals surface area contributed by atoms with Crippen molar-refractivity contribution in [3.05, 3.63) is 42.6 Å². The van der Waals surface area contributed by atoms with Gasteiger partial charge < -0.3 is 10.3 Å². The summed E-state index contributed by atoms with van der Waals surface area (Å²) in [7, 11) is -3.68. The summed E-state index contributed by atoms with van der Waals surface area (Å²) in [4.78, 5) is 19.7. The summed E-state index contributed by atoms with van der Waals surface area (Å²) in [6.07, 6.45) is 3.61. The predicted octanol–water partition coefficient (Wildman–Crippen LogP) is 2.69. The van der Waals surface area contributed by atoms with E-state index >= 15 is 0 Å². The average molecular weight is 436 g/mol. The largest absolute Gasteiger partial charge is 0.346 e. The predicted molar refractivity (Wildman–Crippen MR) is 116 cm³/mol.